The predicted molar refractivity (Wildman–Crippen MR) is 107 cm³/mol. The average Bonchev–Trinajstić information content (AvgIpc) is 3.08. The Morgan fingerprint density at radius 1 is 1.15 bits per heavy atom. The first-order valence-corrected chi connectivity index (χ1v) is 11.2. The number of hydrogen-bond acceptors (Lipinski definition) is 5. The molecule has 1 fully saturated rings. The van der Waals surface area contributed by atoms with Crippen molar-refractivity contribution in [1.82, 2.24) is 10.4 Å². The third-order valence-electron chi connectivity index (χ3n) is 5.10. The lowest BCUT2D eigenvalue weighted by Gasteiger charge is -2.33. The minimum atomic E-state index is -3.38. The summed E-state index contributed by atoms with van der Waals surface area (Å²) in [4.78, 5) is 3.53. The topological polar surface area (TPSA) is 74.4 Å². The van der Waals surface area contributed by atoms with Crippen molar-refractivity contribution in [3.63, 3.8) is 0 Å². The zero-order chi connectivity index (χ0) is 18.9. The Hall–Kier alpha value is -2.09. The minimum absolute atomic E-state index is 0.192. The number of benzene rings is 1. The number of aromatic amines is 1. The molecular weight excluding hydrogens is 362 g/mol. The summed E-state index contributed by atoms with van der Waals surface area (Å²) < 4.78 is 27.7. The Kier molecular flexibility index (Phi) is 5.08. The van der Waals surface area contributed by atoms with Crippen molar-refractivity contribution in [3.8, 4) is 11.3 Å². The first-order chi connectivity index (χ1) is 13.0. The number of allylic oxidation sites excluding steroid dienone is 1. The molecule has 4 rings (SSSR count). The standard InChI is InChI=1S/C20H25N3O3S/c1-27(24,25)26-17-11-9-16(10-12-17)22-23-13-5-8-18-20(23)14-19(21-18)15-6-3-2-4-7-15/h2-7,13-14,16-17,21-22H,8-12H2,1H3. The molecule has 0 spiro atoms. The highest BCUT2D eigenvalue weighted by Gasteiger charge is 2.26. The molecule has 1 aromatic heterocycles. The van der Waals surface area contributed by atoms with Gasteiger partial charge in [-0.1, -0.05) is 36.4 Å². The van der Waals surface area contributed by atoms with E-state index in [1.54, 1.807) is 0 Å². The van der Waals surface area contributed by atoms with Crippen molar-refractivity contribution in [2.75, 3.05) is 11.3 Å². The quantitative estimate of drug-likeness (QED) is 0.770. The Balaban J connectivity index is 1.42. The Bertz CT molecular complexity index is 913. The van der Waals surface area contributed by atoms with Crippen LogP contribution in [0.1, 0.15) is 31.4 Å². The van der Waals surface area contributed by atoms with Crippen LogP contribution in [0.2, 0.25) is 0 Å². The predicted octanol–water partition coefficient (Wildman–Crippen LogP) is 3.35. The van der Waals surface area contributed by atoms with Crippen molar-refractivity contribution in [3.05, 3.63) is 54.4 Å². The third-order valence-corrected chi connectivity index (χ3v) is 5.73. The Morgan fingerprint density at radius 3 is 2.59 bits per heavy atom. The van der Waals surface area contributed by atoms with Gasteiger partial charge in [0.15, 0.2) is 0 Å². The molecule has 1 aliphatic heterocycles. The van der Waals surface area contributed by atoms with Gasteiger partial charge in [0.25, 0.3) is 10.1 Å². The summed E-state index contributed by atoms with van der Waals surface area (Å²) in [5.41, 5.74) is 8.20. The second-order valence-electron chi connectivity index (χ2n) is 7.27. The molecule has 27 heavy (non-hydrogen) atoms. The van der Waals surface area contributed by atoms with E-state index in [9.17, 15) is 8.42 Å². The van der Waals surface area contributed by atoms with Gasteiger partial charge >= 0.3 is 0 Å². The summed E-state index contributed by atoms with van der Waals surface area (Å²) in [6.45, 7) is 0. The molecule has 2 aromatic rings. The van der Waals surface area contributed by atoms with Crippen molar-refractivity contribution in [2.24, 2.45) is 0 Å². The number of H-pyrrole nitrogens is 1. The van der Waals surface area contributed by atoms with Gasteiger partial charge in [-0.15, -0.1) is 0 Å². The second kappa shape index (κ2) is 7.50. The number of hydrogen-bond donors (Lipinski definition) is 2. The number of nitrogens with one attached hydrogen (secondary N) is 2. The average molecular weight is 388 g/mol. The lowest BCUT2D eigenvalue weighted by molar-refractivity contribution is 0.147. The number of aromatic nitrogens is 1. The smallest absolute Gasteiger partial charge is 0.264 e. The summed E-state index contributed by atoms with van der Waals surface area (Å²) >= 11 is 0. The van der Waals surface area contributed by atoms with E-state index in [0.29, 0.717) is 6.04 Å². The van der Waals surface area contributed by atoms with Gasteiger partial charge in [-0.3, -0.25) is 9.19 Å². The molecule has 1 aliphatic carbocycles. The van der Waals surface area contributed by atoms with E-state index in [2.05, 4.69) is 45.9 Å². The first kappa shape index (κ1) is 18.3. The minimum Gasteiger partial charge on any atom is -0.356 e. The van der Waals surface area contributed by atoms with Crippen LogP contribution in [-0.4, -0.2) is 31.8 Å². The summed E-state index contributed by atoms with van der Waals surface area (Å²) in [5.74, 6) is 0. The molecule has 2 heterocycles. The van der Waals surface area contributed by atoms with Crippen LogP contribution in [0.4, 0.5) is 5.69 Å². The highest BCUT2D eigenvalue weighted by molar-refractivity contribution is 7.86. The van der Waals surface area contributed by atoms with E-state index < -0.39 is 10.1 Å². The molecule has 2 N–H and O–H groups in total. The van der Waals surface area contributed by atoms with Crippen LogP contribution < -0.4 is 10.4 Å². The summed E-state index contributed by atoms with van der Waals surface area (Å²) in [7, 11) is -3.38. The van der Waals surface area contributed by atoms with Gasteiger partial charge in [0.1, 0.15) is 0 Å². The van der Waals surface area contributed by atoms with E-state index in [1.807, 2.05) is 18.2 Å². The highest BCUT2D eigenvalue weighted by Crippen LogP contribution is 2.31. The van der Waals surface area contributed by atoms with Crippen LogP contribution >= 0.6 is 0 Å². The second-order valence-corrected chi connectivity index (χ2v) is 8.88. The molecule has 0 bridgehead atoms. The fourth-order valence-corrected chi connectivity index (χ4v) is 4.52. The monoisotopic (exact) mass is 387 g/mol. The zero-order valence-corrected chi connectivity index (χ0v) is 16.2. The lowest BCUT2D eigenvalue weighted by Crippen LogP contribution is -2.45. The first-order valence-electron chi connectivity index (χ1n) is 9.35. The number of rotatable bonds is 5. The van der Waals surface area contributed by atoms with Crippen LogP contribution in [-0.2, 0) is 20.7 Å². The van der Waals surface area contributed by atoms with Crippen molar-refractivity contribution >= 4 is 15.8 Å². The van der Waals surface area contributed by atoms with E-state index in [1.165, 1.54) is 11.3 Å². The van der Waals surface area contributed by atoms with Gasteiger partial charge in [-0.2, -0.15) is 8.42 Å². The van der Waals surface area contributed by atoms with Crippen molar-refractivity contribution < 1.29 is 12.6 Å². The fraction of sp³-hybridized carbons (Fsp3) is 0.400. The van der Waals surface area contributed by atoms with Crippen LogP contribution in [0.25, 0.3) is 11.3 Å². The van der Waals surface area contributed by atoms with Gasteiger partial charge in [0.05, 0.1) is 18.0 Å². The van der Waals surface area contributed by atoms with Crippen LogP contribution in [0.5, 0.6) is 0 Å². The molecule has 7 heteroatoms. The number of anilines is 1. The normalized spacial score (nSPS) is 22.6. The Morgan fingerprint density at radius 2 is 1.89 bits per heavy atom. The van der Waals surface area contributed by atoms with Gasteiger partial charge in [0, 0.05) is 30.1 Å². The van der Waals surface area contributed by atoms with Crippen LogP contribution in [0.3, 0.4) is 0 Å². The maximum atomic E-state index is 11.3. The van der Waals surface area contributed by atoms with Crippen LogP contribution in [0.15, 0.2) is 48.7 Å². The molecule has 6 nitrogen and oxygen atoms in total. The van der Waals surface area contributed by atoms with E-state index in [0.717, 1.165) is 49.7 Å². The maximum Gasteiger partial charge on any atom is 0.264 e. The number of hydrazine groups is 1. The van der Waals surface area contributed by atoms with Gasteiger partial charge in [-0.25, -0.2) is 5.43 Å². The number of nitrogens with zero attached hydrogens (tertiary/aromatic N) is 1. The summed E-state index contributed by atoms with van der Waals surface area (Å²) in [6.07, 6.45) is 9.29. The van der Waals surface area contributed by atoms with E-state index >= 15 is 0 Å². The van der Waals surface area contributed by atoms with Crippen LogP contribution in [0, 0.1) is 0 Å². The molecule has 0 unspecified atom stereocenters. The van der Waals surface area contributed by atoms with Gasteiger partial charge < -0.3 is 4.98 Å². The third kappa shape index (κ3) is 4.43. The highest BCUT2D eigenvalue weighted by atomic mass is 32.2. The summed E-state index contributed by atoms with van der Waals surface area (Å²) in [6, 6.07) is 12.8. The fourth-order valence-electron chi connectivity index (χ4n) is 3.83. The van der Waals surface area contributed by atoms with Crippen molar-refractivity contribution in [1.29, 1.82) is 0 Å². The molecule has 0 radical (unpaired) electrons. The van der Waals surface area contributed by atoms with Gasteiger partial charge in [0.2, 0.25) is 0 Å². The molecule has 0 atom stereocenters. The molecule has 0 saturated heterocycles. The lowest BCUT2D eigenvalue weighted by atomic mass is 9.93. The maximum absolute atomic E-state index is 11.3. The molecule has 2 aliphatic rings. The van der Waals surface area contributed by atoms with Gasteiger partial charge in [-0.05, 0) is 37.3 Å². The Labute approximate surface area is 160 Å². The zero-order valence-electron chi connectivity index (χ0n) is 15.4. The molecule has 144 valence electrons. The summed E-state index contributed by atoms with van der Waals surface area (Å²) in [5, 5.41) is 2.09. The van der Waals surface area contributed by atoms with Crippen molar-refractivity contribution in [2.45, 2.75) is 44.2 Å². The van der Waals surface area contributed by atoms with E-state index in [-0.39, 0.29) is 6.10 Å². The molecular formula is C20H25N3O3S. The molecule has 0 amide bonds. The largest absolute Gasteiger partial charge is 0.356 e. The molecule has 1 aromatic carbocycles. The van der Waals surface area contributed by atoms with E-state index in [4.69, 9.17) is 4.18 Å². The SMILES string of the molecule is CS(=O)(=O)OC1CCC(NN2C=CCc3[nH]c(-c4ccccc4)cc32)CC1. The number of fused-ring (bicyclic) bond motifs is 1. The molecule has 1 saturated carbocycles.